The zero-order valence-electron chi connectivity index (χ0n) is 11.3. The van der Waals surface area contributed by atoms with Gasteiger partial charge in [0.1, 0.15) is 18.2 Å². The summed E-state index contributed by atoms with van der Waals surface area (Å²) in [5, 5.41) is 4.18. The number of anilines is 2. The molecule has 2 N–H and O–H groups in total. The molecule has 0 saturated heterocycles. The third-order valence-electron chi connectivity index (χ3n) is 2.90. The van der Waals surface area contributed by atoms with E-state index in [1.165, 1.54) is 0 Å². The number of hydrogen-bond acceptors (Lipinski definition) is 4. The molecule has 1 aromatic heterocycles. The monoisotopic (exact) mass is 259 g/mol. The maximum Gasteiger partial charge on any atom is 0.248 e. The first-order valence-corrected chi connectivity index (χ1v) is 5.97. The van der Waals surface area contributed by atoms with Crippen LogP contribution in [-0.2, 0) is 11.3 Å². The highest BCUT2D eigenvalue weighted by molar-refractivity contribution is 5.92. The number of amides is 1. The Morgan fingerprint density at radius 3 is 2.47 bits per heavy atom. The molecule has 6 nitrogen and oxygen atoms in total. The lowest BCUT2D eigenvalue weighted by Crippen LogP contribution is -2.30. The Hall–Kier alpha value is -2.37. The maximum absolute atomic E-state index is 12.2. The van der Waals surface area contributed by atoms with E-state index in [9.17, 15) is 4.79 Å². The van der Waals surface area contributed by atoms with Crippen LogP contribution in [0.2, 0.25) is 0 Å². The SMILES string of the molecule is Cc1nc(C)n(CC(=O)N(C)c2ccc(N)cc2)n1. The number of nitrogens with two attached hydrogens (primary N) is 1. The molecule has 0 saturated carbocycles. The van der Waals surface area contributed by atoms with Crippen LogP contribution in [0.15, 0.2) is 24.3 Å². The lowest BCUT2D eigenvalue weighted by atomic mass is 10.2. The number of likely N-dealkylation sites (N-methyl/N-ethyl adjacent to an activating group) is 1. The first kappa shape index (κ1) is 13.1. The van der Waals surface area contributed by atoms with Crippen LogP contribution in [0.5, 0.6) is 0 Å². The molecule has 0 bridgehead atoms. The molecule has 0 atom stereocenters. The Labute approximate surface area is 111 Å². The van der Waals surface area contributed by atoms with Gasteiger partial charge >= 0.3 is 0 Å². The van der Waals surface area contributed by atoms with Crippen LogP contribution in [0, 0.1) is 13.8 Å². The molecule has 0 aliphatic heterocycles. The molecule has 100 valence electrons. The highest BCUT2D eigenvalue weighted by atomic mass is 16.2. The highest BCUT2D eigenvalue weighted by Crippen LogP contribution is 2.15. The summed E-state index contributed by atoms with van der Waals surface area (Å²) in [5.74, 6) is 1.34. The van der Waals surface area contributed by atoms with Gasteiger partial charge in [0, 0.05) is 18.4 Å². The topological polar surface area (TPSA) is 77.0 Å². The predicted octanol–water partition coefficient (Wildman–Crippen LogP) is 1.14. The molecule has 0 unspecified atom stereocenters. The number of benzene rings is 1. The Bertz CT molecular complexity index is 588. The Morgan fingerprint density at radius 2 is 1.95 bits per heavy atom. The zero-order valence-corrected chi connectivity index (χ0v) is 11.3. The van der Waals surface area contributed by atoms with Gasteiger partial charge in [-0.05, 0) is 38.1 Å². The highest BCUT2D eigenvalue weighted by Gasteiger charge is 2.13. The number of carbonyl (C=O) groups is 1. The van der Waals surface area contributed by atoms with Gasteiger partial charge in [-0.25, -0.2) is 9.67 Å². The van der Waals surface area contributed by atoms with Crippen LogP contribution < -0.4 is 10.6 Å². The van der Waals surface area contributed by atoms with Gasteiger partial charge in [-0.3, -0.25) is 4.79 Å². The fourth-order valence-corrected chi connectivity index (χ4v) is 1.79. The van der Waals surface area contributed by atoms with E-state index < -0.39 is 0 Å². The van der Waals surface area contributed by atoms with E-state index in [0.29, 0.717) is 11.5 Å². The van der Waals surface area contributed by atoms with Crippen LogP contribution in [0.4, 0.5) is 11.4 Å². The third-order valence-corrected chi connectivity index (χ3v) is 2.90. The van der Waals surface area contributed by atoms with Gasteiger partial charge in [0.05, 0.1) is 0 Å². The van der Waals surface area contributed by atoms with Crippen molar-refractivity contribution in [2.45, 2.75) is 20.4 Å². The molecule has 0 spiro atoms. The minimum atomic E-state index is -0.0576. The average Bonchev–Trinajstić information content (AvgIpc) is 2.68. The maximum atomic E-state index is 12.2. The van der Waals surface area contributed by atoms with Crippen molar-refractivity contribution in [2.75, 3.05) is 17.7 Å². The number of hydrogen-bond donors (Lipinski definition) is 1. The number of nitrogens with zero attached hydrogens (tertiary/aromatic N) is 4. The van der Waals surface area contributed by atoms with Crippen LogP contribution in [0.3, 0.4) is 0 Å². The molecule has 19 heavy (non-hydrogen) atoms. The van der Waals surface area contributed by atoms with E-state index in [1.807, 2.05) is 19.1 Å². The van der Waals surface area contributed by atoms with Crippen molar-refractivity contribution in [1.82, 2.24) is 14.8 Å². The molecule has 2 rings (SSSR count). The van der Waals surface area contributed by atoms with Crippen molar-refractivity contribution in [3.8, 4) is 0 Å². The molecular formula is C13H17N5O. The molecule has 0 fully saturated rings. The van der Waals surface area contributed by atoms with E-state index in [2.05, 4.69) is 10.1 Å². The minimum absolute atomic E-state index is 0.0576. The van der Waals surface area contributed by atoms with Gasteiger partial charge in [-0.2, -0.15) is 5.10 Å². The fourth-order valence-electron chi connectivity index (χ4n) is 1.79. The Kier molecular flexibility index (Phi) is 3.50. The number of rotatable bonds is 3. The standard InChI is InChI=1S/C13H17N5O/c1-9-15-10(2)18(16-9)8-13(19)17(3)12-6-4-11(14)5-7-12/h4-7H,8,14H2,1-3H3. The number of aromatic nitrogens is 3. The zero-order chi connectivity index (χ0) is 14.0. The van der Waals surface area contributed by atoms with Crippen molar-refractivity contribution in [1.29, 1.82) is 0 Å². The molecule has 6 heteroatoms. The van der Waals surface area contributed by atoms with Crippen molar-refractivity contribution >= 4 is 17.3 Å². The van der Waals surface area contributed by atoms with Gasteiger partial charge in [0.25, 0.3) is 0 Å². The molecular weight excluding hydrogens is 242 g/mol. The molecule has 2 aromatic rings. The fraction of sp³-hybridized carbons (Fsp3) is 0.308. The predicted molar refractivity (Wildman–Crippen MR) is 73.8 cm³/mol. The quantitative estimate of drug-likeness (QED) is 0.838. The first-order valence-electron chi connectivity index (χ1n) is 5.97. The van der Waals surface area contributed by atoms with Crippen molar-refractivity contribution in [3.05, 3.63) is 35.9 Å². The summed E-state index contributed by atoms with van der Waals surface area (Å²) < 4.78 is 1.60. The summed E-state index contributed by atoms with van der Waals surface area (Å²) >= 11 is 0. The van der Waals surface area contributed by atoms with E-state index in [0.717, 1.165) is 11.5 Å². The van der Waals surface area contributed by atoms with E-state index in [4.69, 9.17) is 5.73 Å². The number of aryl methyl sites for hydroxylation is 2. The molecule has 1 amide bonds. The third kappa shape index (κ3) is 2.90. The summed E-state index contributed by atoms with van der Waals surface area (Å²) in [7, 11) is 1.73. The van der Waals surface area contributed by atoms with Gasteiger partial charge < -0.3 is 10.6 Å². The van der Waals surface area contributed by atoms with Gasteiger partial charge in [0.2, 0.25) is 5.91 Å². The summed E-state index contributed by atoms with van der Waals surface area (Å²) in [5.41, 5.74) is 7.10. The number of carbonyl (C=O) groups excluding carboxylic acids is 1. The second-order valence-electron chi connectivity index (χ2n) is 4.41. The van der Waals surface area contributed by atoms with E-state index >= 15 is 0 Å². The molecule has 0 aliphatic carbocycles. The second-order valence-corrected chi connectivity index (χ2v) is 4.41. The first-order chi connectivity index (χ1) is 8.97. The summed E-state index contributed by atoms with van der Waals surface area (Å²) in [6.07, 6.45) is 0. The summed E-state index contributed by atoms with van der Waals surface area (Å²) in [6, 6.07) is 7.16. The van der Waals surface area contributed by atoms with Gasteiger partial charge in [0.15, 0.2) is 0 Å². The van der Waals surface area contributed by atoms with Crippen LogP contribution >= 0.6 is 0 Å². The number of nitrogen functional groups attached to an aromatic ring is 1. The smallest absolute Gasteiger partial charge is 0.248 e. The molecule has 0 aliphatic rings. The normalized spacial score (nSPS) is 10.5. The Morgan fingerprint density at radius 1 is 1.32 bits per heavy atom. The van der Waals surface area contributed by atoms with Crippen LogP contribution in [-0.4, -0.2) is 27.7 Å². The van der Waals surface area contributed by atoms with Gasteiger partial charge in [-0.15, -0.1) is 0 Å². The Balaban J connectivity index is 2.11. The second kappa shape index (κ2) is 5.09. The lowest BCUT2D eigenvalue weighted by Gasteiger charge is -2.17. The van der Waals surface area contributed by atoms with Crippen LogP contribution in [0.1, 0.15) is 11.6 Å². The molecule has 1 aromatic carbocycles. The van der Waals surface area contributed by atoms with Gasteiger partial charge in [-0.1, -0.05) is 0 Å². The minimum Gasteiger partial charge on any atom is -0.399 e. The summed E-state index contributed by atoms with van der Waals surface area (Å²) in [6.45, 7) is 3.81. The van der Waals surface area contributed by atoms with E-state index in [1.54, 1.807) is 35.7 Å². The van der Waals surface area contributed by atoms with Crippen molar-refractivity contribution in [2.24, 2.45) is 0 Å². The van der Waals surface area contributed by atoms with Crippen molar-refractivity contribution in [3.63, 3.8) is 0 Å². The molecule has 1 heterocycles. The molecule has 0 radical (unpaired) electrons. The lowest BCUT2D eigenvalue weighted by molar-refractivity contribution is -0.119. The largest absolute Gasteiger partial charge is 0.399 e. The van der Waals surface area contributed by atoms with Crippen LogP contribution in [0.25, 0.3) is 0 Å². The van der Waals surface area contributed by atoms with E-state index in [-0.39, 0.29) is 12.5 Å². The summed E-state index contributed by atoms with van der Waals surface area (Å²) in [4.78, 5) is 17.9. The average molecular weight is 259 g/mol. The van der Waals surface area contributed by atoms with Crippen molar-refractivity contribution < 1.29 is 4.79 Å².